The van der Waals surface area contributed by atoms with E-state index in [4.69, 9.17) is 9.47 Å². The van der Waals surface area contributed by atoms with Crippen LogP contribution >= 0.6 is 0 Å². The highest BCUT2D eigenvalue weighted by Gasteiger charge is 2.65. The predicted molar refractivity (Wildman–Crippen MR) is 77.0 cm³/mol. The lowest BCUT2D eigenvalue weighted by atomic mass is 9.68. The molecule has 3 aliphatic rings. The van der Waals surface area contributed by atoms with Crippen LogP contribution in [0.2, 0.25) is 0 Å². The van der Waals surface area contributed by atoms with Crippen molar-refractivity contribution in [3.63, 3.8) is 0 Å². The topological polar surface area (TPSA) is 21.7 Å². The van der Waals surface area contributed by atoms with E-state index in [-0.39, 0.29) is 11.3 Å². The number of nitrogens with zero attached hydrogens (tertiary/aromatic N) is 1. The molecule has 0 amide bonds. The van der Waals surface area contributed by atoms with Crippen molar-refractivity contribution in [2.75, 3.05) is 21.2 Å². The molecule has 4 rings (SSSR count). The Morgan fingerprint density at radius 1 is 1.25 bits per heavy atom. The first-order chi connectivity index (χ1) is 9.62. The van der Waals surface area contributed by atoms with Crippen LogP contribution in [-0.2, 0) is 20.8 Å². The molecule has 0 N–H and O–H groups in total. The van der Waals surface area contributed by atoms with Crippen LogP contribution in [0.25, 0.3) is 0 Å². The number of benzene rings is 1. The molecule has 2 heterocycles. The number of rotatable bonds is 2. The quantitative estimate of drug-likeness (QED) is 0.825. The van der Waals surface area contributed by atoms with Gasteiger partial charge < -0.3 is 9.47 Å². The molecule has 3 heteroatoms. The highest BCUT2D eigenvalue weighted by Crippen LogP contribution is 2.65. The van der Waals surface area contributed by atoms with Crippen molar-refractivity contribution in [2.24, 2.45) is 5.92 Å². The standard InChI is InChI=1S/C17H21NO2/c1-18(2)17-10-12-8-9-13(19-3)11-16(12,20-17)14-6-4-5-7-15(14)17/h4-7,11-12H,8-10H2,1-3H3/t12-,16-,17-/m0/s1. The number of ether oxygens (including phenoxy) is 2. The second-order valence-electron chi connectivity index (χ2n) is 6.37. The minimum absolute atomic E-state index is 0.263. The van der Waals surface area contributed by atoms with E-state index in [1.54, 1.807) is 7.11 Å². The van der Waals surface area contributed by atoms with Crippen LogP contribution in [-0.4, -0.2) is 26.1 Å². The number of fused-ring (bicyclic) bond motifs is 3. The predicted octanol–water partition coefficient (Wildman–Crippen LogP) is 2.97. The number of allylic oxidation sites excluding steroid dienone is 1. The van der Waals surface area contributed by atoms with Gasteiger partial charge in [-0.15, -0.1) is 0 Å². The zero-order chi connectivity index (χ0) is 14.0. The van der Waals surface area contributed by atoms with Gasteiger partial charge in [-0.2, -0.15) is 0 Å². The monoisotopic (exact) mass is 271 g/mol. The Hall–Kier alpha value is -1.32. The minimum atomic E-state index is -0.273. The van der Waals surface area contributed by atoms with Crippen molar-refractivity contribution >= 4 is 0 Å². The second kappa shape index (κ2) is 3.86. The van der Waals surface area contributed by atoms with Crippen LogP contribution in [0.4, 0.5) is 0 Å². The van der Waals surface area contributed by atoms with Gasteiger partial charge in [-0.3, -0.25) is 4.90 Å². The van der Waals surface area contributed by atoms with E-state index in [1.165, 1.54) is 11.1 Å². The van der Waals surface area contributed by atoms with Crippen molar-refractivity contribution in [1.82, 2.24) is 4.90 Å². The van der Waals surface area contributed by atoms with E-state index < -0.39 is 0 Å². The average molecular weight is 271 g/mol. The largest absolute Gasteiger partial charge is 0.501 e. The van der Waals surface area contributed by atoms with Crippen LogP contribution in [0.5, 0.6) is 0 Å². The molecule has 1 aromatic carbocycles. The maximum Gasteiger partial charge on any atom is 0.149 e. The first-order valence-electron chi connectivity index (χ1n) is 7.36. The number of hydrogen-bond donors (Lipinski definition) is 0. The van der Waals surface area contributed by atoms with Gasteiger partial charge in [0.2, 0.25) is 0 Å². The van der Waals surface area contributed by atoms with Crippen LogP contribution in [0.3, 0.4) is 0 Å². The molecular formula is C17H21NO2. The van der Waals surface area contributed by atoms with E-state index >= 15 is 0 Å². The molecular weight excluding hydrogens is 250 g/mol. The Morgan fingerprint density at radius 2 is 2.00 bits per heavy atom. The maximum atomic E-state index is 6.68. The summed E-state index contributed by atoms with van der Waals surface area (Å²) in [5.41, 5.74) is 2.12. The summed E-state index contributed by atoms with van der Waals surface area (Å²) < 4.78 is 12.2. The lowest BCUT2D eigenvalue weighted by Crippen LogP contribution is -2.40. The van der Waals surface area contributed by atoms with Gasteiger partial charge in [-0.05, 0) is 32.2 Å². The molecule has 1 saturated heterocycles. The van der Waals surface area contributed by atoms with Gasteiger partial charge in [0.05, 0.1) is 12.9 Å². The first-order valence-corrected chi connectivity index (χ1v) is 7.36. The van der Waals surface area contributed by atoms with Crippen LogP contribution in [0.1, 0.15) is 30.4 Å². The normalized spacial score (nSPS) is 37.6. The highest BCUT2D eigenvalue weighted by atomic mass is 16.6. The van der Waals surface area contributed by atoms with Gasteiger partial charge in [0.15, 0.2) is 0 Å². The molecule has 1 spiro atoms. The third-order valence-corrected chi connectivity index (χ3v) is 5.34. The fourth-order valence-corrected chi connectivity index (χ4v) is 4.34. The Bertz CT molecular complexity index is 594. The Labute approximate surface area is 120 Å². The summed E-state index contributed by atoms with van der Waals surface area (Å²) in [6, 6.07) is 8.67. The van der Waals surface area contributed by atoms with Gasteiger partial charge in [-0.1, -0.05) is 24.3 Å². The van der Waals surface area contributed by atoms with Crippen LogP contribution in [0, 0.1) is 5.92 Å². The van der Waals surface area contributed by atoms with Crippen molar-refractivity contribution in [3.05, 3.63) is 47.2 Å². The third kappa shape index (κ3) is 1.28. The lowest BCUT2D eigenvalue weighted by Gasteiger charge is -2.37. The molecule has 2 aliphatic heterocycles. The molecule has 0 saturated carbocycles. The van der Waals surface area contributed by atoms with Crippen molar-refractivity contribution < 1.29 is 9.47 Å². The molecule has 3 nitrogen and oxygen atoms in total. The summed E-state index contributed by atoms with van der Waals surface area (Å²) in [4.78, 5) is 2.24. The Balaban J connectivity index is 1.96. The summed E-state index contributed by atoms with van der Waals surface area (Å²) in [6.45, 7) is 0. The van der Waals surface area contributed by atoms with E-state index in [2.05, 4.69) is 49.3 Å². The van der Waals surface area contributed by atoms with Crippen LogP contribution < -0.4 is 0 Å². The minimum Gasteiger partial charge on any atom is -0.501 e. The Morgan fingerprint density at radius 3 is 2.70 bits per heavy atom. The van der Waals surface area contributed by atoms with Crippen molar-refractivity contribution in [1.29, 1.82) is 0 Å². The molecule has 106 valence electrons. The number of methoxy groups -OCH3 is 1. The van der Waals surface area contributed by atoms with Gasteiger partial charge in [0.1, 0.15) is 11.3 Å². The molecule has 3 atom stereocenters. The van der Waals surface area contributed by atoms with Gasteiger partial charge >= 0.3 is 0 Å². The molecule has 1 fully saturated rings. The summed E-state index contributed by atoms with van der Waals surface area (Å²) in [6.07, 6.45) is 5.48. The number of hydrogen-bond acceptors (Lipinski definition) is 3. The fourth-order valence-electron chi connectivity index (χ4n) is 4.34. The third-order valence-electron chi connectivity index (χ3n) is 5.34. The van der Waals surface area contributed by atoms with E-state index in [1.807, 2.05) is 0 Å². The van der Waals surface area contributed by atoms with E-state index in [0.29, 0.717) is 5.92 Å². The Kier molecular flexibility index (Phi) is 2.40. The SMILES string of the molecule is COC1=C[C@]23O[C@@](N(C)C)(C[C@@H]2CC1)c1ccccc13. The zero-order valence-corrected chi connectivity index (χ0v) is 12.3. The smallest absolute Gasteiger partial charge is 0.149 e. The summed E-state index contributed by atoms with van der Waals surface area (Å²) in [5.74, 6) is 1.62. The molecule has 1 aliphatic carbocycles. The second-order valence-corrected chi connectivity index (χ2v) is 6.37. The van der Waals surface area contributed by atoms with Crippen molar-refractivity contribution in [3.8, 4) is 0 Å². The highest BCUT2D eigenvalue weighted by molar-refractivity contribution is 5.49. The molecule has 0 aromatic heterocycles. The zero-order valence-electron chi connectivity index (χ0n) is 12.3. The van der Waals surface area contributed by atoms with E-state index in [9.17, 15) is 0 Å². The lowest BCUT2D eigenvalue weighted by molar-refractivity contribution is -0.146. The summed E-state index contributed by atoms with van der Waals surface area (Å²) in [7, 11) is 6.00. The molecule has 20 heavy (non-hydrogen) atoms. The first kappa shape index (κ1) is 12.4. The summed E-state index contributed by atoms with van der Waals surface area (Å²) in [5, 5.41) is 0. The van der Waals surface area contributed by atoms with Crippen LogP contribution in [0.15, 0.2) is 36.1 Å². The summed E-state index contributed by atoms with van der Waals surface area (Å²) >= 11 is 0. The van der Waals surface area contributed by atoms with Gasteiger partial charge in [0, 0.05) is 24.3 Å². The maximum absolute atomic E-state index is 6.68. The molecule has 1 aromatic rings. The molecule has 0 unspecified atom stereocenters. The molecule has 2 bridgehead atoms. The van der Waals surface area contributed by atoms with Crippen molar-refractivity contribution in [2.45, 2.75) is 30.6 Å². The average Bonchev–Trinajstić information content (AvgIpc) is 2.96. The van der Waals surface area contributed by atoms with E-state index in [0.717, 1.165) is 25.0 Å². The molecule has 0 radical (unpaired) electrons. The van der Waals surface area contributed by atoms with Gasteiger partial charge in [-0.25, -0.2) is 0 Å². The fraction of sp³-hybridized carbons (Fsp3) is 0.529. The van der Waals surface area contributed by atoms with Gasteiger partial charge in [0.25, 0.3) is 0 Å².